The summed E-state index contributed by atoms with van der Waals surface area (Å²) < 4.78 is 0. The lowest BCUT2D eigenvalue weighted by atomic mass is 10.0. The number of benzene rings is 2. The zero-order valence-corrected chi connectivity index (χ0v) is 17.8. The molecular formula is C21H20Cl3N3O2. The summed E-state index contributed by atoms with van der Waals surface area (Å²) in [4.78, 5) is 28.5. The smallest absolute Gasteiger partial charge is 0.245 e. The number of halogens is 3. The molecule has 2 saturated heterocycles. The Morgan fingerprint density at radius 2 is 1.72 bits per heavy atom. The molecule has 152 valence electrons. The van der Waals surface area contributed by atoms with Crippen LogP contribution >= 0.6 is 34.8 Å². The largest absolute Gasteiger partial charge is 0.360 e. The van der Waals surface area contributed by atoms with E-state index in [2.05, 4.69) is 10.2 Å². The van der Waals surface area contributed by atoms with E-state index < -0.39 is 6.04 Å². The molecule has 2 atom stereocenters. The van der Waals surface area contributed by atoms with Crippen LogP contribution in [0.4, 0.5) is 5.69 Å². The summed E-state index contributed by atoms with van der Waals surface area (Å²) >= 11 is 18.6. The monoisotopic (exact) mass is 451 g/mol. The minimum absolute atomic E-state index is 0.0309. The van der Waals surface area contributed by atoms with Crippen LogP contribution in [0.3, 0.4) is 0 Å². The van der Waals surface area contributed by atoms with Gasteiger partial charge in [-0.3, -0.25) is 9.59 Å². The lowest BCUT2D eigenvalue weighted by molar-refractivity contribution is -0.135. The van der Waals surface area contributed by atoms with Crippen molar-refractivity contribution in [2.24, 2.45) is 0 Å². The molecule has 2 amide bonds. The van der Waals surface area contributed by atoms with Gasteiger partial charge in [0.25, 0.3) is 0 Å². The summed E-state index contributed by atoms with van der Waals surface area (Å²) in [5, 5.41) is 4.57. The highest BCUT2D eigenvalue weighted by Gasteiger charge is 2.36. The van der Waals surface area contributed by atoms with Gasteiger partial charge in [0.2, 0.25) is 11.8 Å². The standard InChI is InChI=1S/C21H20Cl3N3O2/c22-14-3-1-13(2-4-14)19-12-26(21(29)17-6-8-20(28)25-17)9-10-27(19)18-7-5-15(23)11-16(18)24/h1-5,7,11,17,19H,6,8-10,12H2,(H,25,28). The molecule has 2 heterocycles. The number of carbonyl (C=O) groups excluding carboxylic acids is 2. The number of hydrogen-bond donors (Lipinski definition) is 1. The number of nitrogens with one attached hydrogen (secondary N) is 1. The molecule has 0 spiro atoms. The first-order valence-electron chi connectivity index (χ1n) is 9.47. The van der Waals surface area contributed by atoms with E-state index >= 15 is 0 Å². The third-order valence-corrected chi connectivity index (χ3v) is 6.25. The van der Waals surface area contributed by atoms with E-state index in [1.165, 1.54) is 0 Å². The average molecular weight is 453 g/mol. The SMILES string of the molecule is O=C1CCC(C(=O)N2CCN(c3ccc(Cl)cc3Cl)C(c3ccc(Cl)cc3)C2)N1. The predicted octanol–water partition coefficient (Wildman–Crippen LogP) is 4.32. The lowest BCUT2D eigenvalue weighted by Gasteiger charge is -2.44. The van der Waals surface area contributed by atoms with Crippen molar-refractivity contribution in [3.63, 3.8) is 0 Å². The van der Waals surface area contributed by atoms with Crippen LogP contribution in [0.25, 0.3) is 0 Å². The number of nitrogens with zero attached hydrogens (tertiary/aromatic N) is 2. The molecule has 1 N–H and O–H groups in total. The van der Waals surface area contributed by atoms with Gasteiger partial charge in [0.15, 0.2) is 0 Å². The molecule has 8 heteroatoms. The molecule has 2 aromatic rings. The molecule has 2 aliphatic heterocycles. The van der Waals surface area contributed by atoms with Crippen molar-refractivity contribution in [1.29, 1.82) is 0 Å². The summed E-state index contributed by atoms with van der Waals surface area (Å²) in [5.41, 5.74) is 1.91. The van der Waals surface area contributed by atoms with Crippen LogP contribution in [0.5, 0.6) is 0 Å². The topological polar surface area (TPSA) is 52.7 Å². The fraction of sp³-hybridized carbons (Fsp3) is 0.333. The Bertz CT molecular complexity index is 935. The first kappa shape index (κ1) is 20.3. The Morgan fingerprint density at radius 1 is 1.00 bits per heavy atom. The molecule has 2 unspecified atom stereocenters. The second-order valence-electron chi connectivity index (χ2n) is 7.30. The van der Waals surface area contributed by atoms with Gasteiger partial charge in [-0.25, -0.2) is 0 Å². The maximum absolute atomic E-state index is 13.0. The number of carbonyl (C=O) groups is 2. The van der Waals surface area contributed by atoms with Crippen LogP contribution in [-0.2, 0) is 9.59 Å². The molecule has 0 aromatic heterocycles. The van der Waals surface area contributed by atoms with Crippen molar-refractivity contribution in [1.82, 2.24) is 10.2 Å². The van der Waals surface area contributed by atoms with E-state index in [4.69, 9.17) is 34.8 Å². The zero-order chi connectivity index (χ0) is 20.5. The number of rotatable bonds is 3. The number of hydrogen-bond acceptors (Lipinski definition) is 3. The van der Waals surface area contributed by atoms with Gasteiger partial charge in [-0.15, -0.1) is 0 Å². The molecule has 0 aliphatic carbocycles. The van der Waals surface area contributed by atoms with Crippen molar-refractivity contribution in [3.05, 3.63) is 63.1 Å². The van der Waals surface area contributed by atoms with E-state index in [1.54, 1.807) is 6.07 Å². The Hall–Kier alpha value is -1.95. The summed E-state index contributed by atoms with van der Waals surface area (Å²) in [7, 11) is 0. The van der Waals surface area contributed by atoms with Gasteiger partial charge in [-0.05, 0) is 42.3 Å². The van der Waals surface area contributed by atoms with Crippen molar-refractivity contribution < 1.29 is 9.59 Å². The van der Waals surface area contributed by atoms with Gasteiger partial charge in [-0.2, -0.15) is 0 Å². The molecule has 2 aliphatic rings. The van der Waals surface area contributed by atoms with E-state index in [1.807, 2.05) is 41.3 Å². The number of anilines is 1. The highest BCUT2D eigenvalue weighted by Crippen LogP contribution is 2.37. The molecule has 0 bridgehead atoms. The molecule has 2 fully saturated rings. The maximum Gasteiger partial charge on any atom is 0.245 e. The van der Waals surface area contributed by atoms with E-state index in [9.17, 15) is 9.59 Å². The molecule has 5 nitrogen and oxygen atoms in total. The second-order valence-corrected chi connectivity index (χ2v) is 8.58. The minimum atomic E-state index is -0.431. The molecule has 4 rings (SSSR count). The van der Waals surface area contributed by atoms with Gasteiger partial charge in [-0.1, -0.05) is 46.9 Å². The normalized spacial score (nSPS) is 22.0. The Labute approximate surface area is 184 Å². The number of piperazine rings is 1. The Morgan fingerprint density at radius 3 is 2.38 bits per heavy atom. The van der Waals surface area contributed by atoms with Crippen molar-refractivity contribution in [2.75, 3.05) is 24.5 Å². The molecule has 0 saturated carbocycles. The Balaban J connectivity index is 1.63. The minimum Gasteiger partial charge on any atom is -0.360 e. The van der Waals surface area contributed by atoms with E-state index in [0.29, 0.717) is 47.5 Å². The molecular weight excluding hydrogens is 433 g/mol. The third kappa shape index (κ3) is 4.32. The van der Waals surface area contributed by atoms with Crippen LogP contribution in [-0.4, -0.2) is 42.4 Å². The van der Waals surface area contributed by atoms with Gasteiger partial charge in [0.1, 0.15) is 6.04 Å². The molecule has 2 aromatic carbocycles. The number of amides is 2. The van der Waals surface area contributed by atoms with Gasteiger partial charge >= 0.3 is 0 Å². The maximum atomic E-state index is 13.0. The average Bonchev–Trinajstić information content (AvgIpc) is 3.14. The van der Waals surface area contributed by atoms with Gasteiger partial charge in [0.05, 0.1) is 16.8 Å². The van der Waals surface area contributed by atoms with Gasteiger partial charge in [0, 0.05) is 36.1 Å². The summed E-state index contributed by atoms with van der Waals surface area (Å²) in [6, 6.07) is 12.5. The van der Waals surface area contributed by atoms with Crippen LogP contribution in [0.1, 0.15) is 24.4 Å². The molecule has 0 radical (unpaired) electrons. The van der Waals surface area contributed by atoms with Gasteiger partial charge < -0.3 is 15.1 Å². The highest BCUT2D eigenvalue weighted by atomic mass is 35.5. The lowest BCUT2D eigenvalue weighted by Crippen LogP contribution is -2.54. The third-order valence-electron chi connectivity index (χ3n) is 5.46. The fourth-order valence-corrected chi connectivity index (χ4v) is 4.62. The molecule has 29 heavy (non-hydrogen) atoms. The summed E-state index contributed by atoms with van der Waals surface area (Å²) in [5.74, 6) is -0.0964. The first-order valence-corrected chi connectivity index (χ1v) is 10.6. The first-order chi connectivity index (χ1) is 13.9. The predicted molar refractivity (Wildman–Crippen MR) is 116 cm³/mol. The Kier molecular flexibility index (Phi) is 5.91. The van der Waals surface area contributed by atoms with Crippen LogP contribution in [0.15, 0.2) is 42.5 Å². The van der Waals surface area contributed by atoms with E-state index in [0.717, 1.165) is 11.3 Å². The van der Waals surface area contributed by atoms with Crippen LogP contribution < -0.4 is 10.2 Å². The zero-order valence-electron chi connectivity index (χ0n) is 15.6. The van der Waals surface area contributed by atoms with Crippen molar-refractivity contribution in [3.8, 4) is 0 Å². The fourth-order valence-electron chi connectivity index (χ4n) is 3.98. The quantitative estimate of drug-likeness (QED) is 0.755. The summed E-state index contributed by atoms with van der Waals surface area (Å²) in [6.45, 7) is 1.65. The van der Waals surface area contributed by atoms with Crippen molar-refractivity contribution in [2.45, 2.75) is 24.9 Å². The van der Waals surface area contributed by atoms with Crippen LogP contribution in [0.2, 0.25) is 15.1 Å². The summed E-state index contributed by atoms with van der Waals surface area (Å²) in [6.07, 6.45) is 0.948. The highest BCUT2D eigenvalue weighted by molar-refractivity contribution is 6.36. The van der Waals surface area contributed by atoms with E-state index in [-0.39, 0.29) is 17.9 Å². The van der Waals surface area contributed by atoms with Crippen LogP contribution in [0, 0.1) is 0 Å². The second kappa shape index (κ2) is 8.42. The van der Waals surface area contributed by atoms with Crippen molar-refractivity contribution >= 4 is 52.3 Å².